The first-order valence-corrected chi connectivity index (χ1v) is 9.16. The lowest BCUT2D eigenvalue weighted by molar-refractivity contribution is 0.0603. The van der Waals surface area contributed by atoms with Crippen LogP contribution in [-0.4, -0.2) is 19.0 Å². The number of methoxy groups -OCH3 is 1. The number of esters is 1. The normalized spacial score (nSPS) is 10.4. The van der Waals surface area contributed by atoms with Crippen LogP contribution < -0.4 is 5.32 Å². The van der Waals surface area contributed by atoms with Crippen LogP contribution in [0.1, 0.15) is 20.7 Å². The molecule has 0 bridgehead atoms. The van der Waals surface area contributed by atoms with Gasteiger partial charge in [-0.1, -0.05) is 35.3 Å². The molecule has 1 N–H and O–H groups in total. The molecular formula is C19H13Cl2NO3S. The van der Waals surface area contributed by atoms with E-state index in [4.69, 9.17) is 27.9 Å². The lowest BCUT2D eigenvalue weighted by Gasteiger charge is -2.08. The Kier molecular flexibility index (Phi) is 5.61. The van der Waals surface area contributed by atoms with E-state index in [1.54, 1.807) is 41.8 Å². The fraction of sp³-hybridized carbons (Fsp3) is 0.0526. The number of carbonyl (C=O) groups is 2. The summed E-state index contributed by atoms with van der Waals surface area (Å²) < 4.78 is 4.90. The Morgan fingerprint density at radius 2 is 1.54 bits per heavy atom. The van der Waals surface area contributed by atoms with Crippen molar-refractivity contribution in [3.8, 4) is 11.1 Å². The third kappa shape index (κ3) is 3.90. The van der Waals surface area contributed by atoms with Gasteiger partial charge < -0.3 is 10.1 Å². The average molecular weight is 406 g/mol. The minimum atomic E-state index is -0.525. The van der Waals surface area contributed by atoms with Gasteiger partial charge >= 0.3 is 5.97 Å². The van der Waals surface area contributed by atoms with E-state index in [1.165, 1.54) is 18.4 Å². The molecule has 26 heavy (non-hydrogen) atoms. The summed E-state index contributed by atoms with van der Waals surface area (Å²) in [5.41, 5.74) is 2.22. The van der Waals surface area contributed by atoms with Crippen molar-refractivity contribution in [2.24, 2.45) is 0 Å². The first kappa shape index (κ1) is 18.5. The third-order valence-corrected chi connectivity index (χ3v) is 5.07. The first-order chi connectivity index (χ1) is 12.5. The number of hydrogen-bond acceptors (Lipinski definition) is 4. The quantitative estimate of drug-likeness (QED) is 0.561. The molecule has 3 aromatic rings. The molecule has 1 aromatic heterocycles. The number of rotatable bonds is 4. The van der Waals surface area contributed by atoms with Crippen LogP contribution in [0.4, 0.5) is 5.00 Å². The molecular weight excluding hydrogens is 393 g/mol. The SMILES string of the molecule is COC(=O)c1c(-c2ccc(Cl)cc2)csc1NC(=O)c1ccc(Cl)cc1. The minimum Gasteiger partial charge on any atom is -0.465 e. The number of anilines is 1. The van der Waals surface area contributed by atoms with Gasteiger partial charge in [0.2, 0.25) is 0 Å². The van der Waals surface area contributed by atoms with Crippen molar-refractivity contribution in [3.63, 3.8) is 0 Å². The second-order valence-electron chi connectivity index (χ2n) is 5.31. The molecule has 4 nitrogen and oxygen atoms in total. The second-order valence-corrected chi connectivity index (χ2v) is 7.07. The molecule has 0 saturated heterocycles. The van der Waals surface area contributed by atoms with Crippen molar-refractivity contribution in [3.05, 3.63) is 75.1 Å². The molecule has 2 aromatic carbocycles. The van der Waals surface area contributed by atoms with Crippen LogP contribution in [0, 0.1) is 0 Å². The Bertz CT molecular complexity index is 950. The van der Waals surface area contributed by atoms with Gasteiger partial charge in [-0.15, -0.1) is 11.3 Å². The molecule has 0 spiro atoms. The van der Waals surface area contributed by atoms with Gasteiger partial charge in [0.05, 0.1) is 7.11 Å². The van der Waals surface area contributed by atoms with E-state index >= 15 is 0 Å². The molecule has 0 fully saturated rings. The zero-order valence-electron chi connectivity index (χ0n) is 13.6. The Morgan fingerprint density at radius 3 is 2.12 bits per heavy atom. The number of hydrogen-bond donors (Lipinski definition) is 1. The van der Waals surface area contributed by atoms with Crippen molar-refractivity contribution < 1.29 is 14.3 Å². The first-order valence-electron chi connectivity index (χ1n) is 7.52. The van der Waals surface area contributed by atoms with Gasteiger partial charge in [-0.25, -0.2) is 4.79 Å². The molecule has 0 unspecified atom stereocenters. The van der Waals surface area contributed by atoms with E-state index in [1.807, 2.05) is 12.1 Å². The predicted molar refractivity (Wildman–Crippen MR) is 106 cm³/mol. The highest BCUT2D eigenvalue weighted by Gasteiger charge is 2.22. The second kappa shape index (κ2) is 7.91. The van der Waals surface area contributed by atoms with E-state index in [9.17, 15) is 9.59 Å². The fourth-order valence-corrected chi connectivity index (χ4v) is 3.58. The maximum Gasteiger partial charge on any atom is 0.341 e. The van der Waals surface area contributed by atoms with Crippen LogP contribution in [0.25, 0.3) is 11.1 Å². The number of halogens is 2. The van der Waals surface area contributed by atoms with Crippen LogP contribution in [-0.2, 0) is 4.74 Å². The number of ether oxygens (including phenoxy) is 1. The molecule has 0 radical (unpaired) electrons. The molecule has 7 heteroatoms. The summed E-state index contributed by atoms with van der Waals surface area (Å²) in [7, 11) is 1.30. The number of carbonyl (C=O) groups excluding carboxylic acids is 2. The largest absolute Gasteiger partial charge is 0.465 e. The van der Waals surface area contributed by atoms with Crippen molar-refractivity contribution in [2.75, 3.05) is 12.4 Å². The van der Waals surface area contributed by atoms with Crippen molar-refractivity contribution in [1.82, 2.24) is 0 Å². The molecule has 1 heterocycles. The smallest absolute Gasteiger partial charge is 0.341 e. The molecule has 0 aliphatic rings. The molecule has 0 atom stereocenters. The fourth-order valence-electron chi connectivity index (χ4n) is 2.37. The standard InChI is InChI=1S/C19H13Cl2NO3S/c1-25-19(24)16-15(11-2-6-13(20)7-3-11)10-26-18(16)22-17(23)12-4-8-14(21)9-5-12/h2-10H,1H3,(H,22,23). The third-order valence-electron chi connectivity index (χ3n) is 3.67. The Balaban J connectivity index is 1.96. The number of amides is 1. The number of benzene rings is 2. The molecule has 0 aliphatic heterocycles. The molecule has 3 rings (SSSR count). The zero-order chi connectivity index (χ0) is 18.7. The Hall–Kier alpha value is -2.34. The van der Waals surface area contributed by atoms with Gasteiger partial charge in [-0.05, 0) is 42.0 Å². The van der Waals surface area contributed by atoms with E-state index in [2.05, 4.69) is 5.32 Å². The summed E-state index contributed by atoms with van der Waals surface area (Å²) in [4.78, 5) is 24.8. The van der Waals surface area contributed by atoms with E-state index in [-0.39, 0.29) is 5.91 Å². The molecule has 1 amide bonds. The topological polar surface area (TPSA) is 55.4 Å². The highest BCUT2D eigenvalue weighted by Crippen LogP contribution is 2.36. The van der Waals surface area contributed by atoms with Gasteiger partial charge in [0.1, 0.15) is 10.6 Å². The van der Waals surface area contributed by atoms with Crippen molar-refractivity contribution >= 4 is 51.4 Å². The minimum absolute atomic E-state index is 0.308. The highest BCUT2D eigenvalue weighted by molar-refractivity contribution is 7.15. The van der Waals surface area contributed by atoms with Gasteiger partial charge in [-0.3, -0.25) is 4.79 Å². The van der Waals surface area contributed by atoms with Gasteiger partial charge in [0.15, 0.2) is 0 Å². The highest BCUT2D eigenvalue weighted by atomic mass is 35.5. The maximum atomic E-state index is 12.5. The van der Waals surface area contributed by atoms with Crippen LogP contribution >= 0.6 is 34.5 Å². The molecule has 0 aliphatic carbocycles. The average Bonchev–Trinajstić information content (AvgIpc) is 3.05. The van der Waals surface area contributed by atoms with Crippen LogP contribution in [0.2, 0.25) is 10.0 Å². The summed E-state index contributed by atoms with van der Waals surface area (Å²) >= 11 is 13.0. The zero-order valence-corrected chi connectivity index (χ0v) is 15.9. The summed E-state index contributed by atoms with van der Waals surface area (Å²) in [6, 6.07) is 13.6. The van der Waals surface area contributed by atoms with Gasteiger partial charge in [-0.2, -0.15) is 0 Å². The maximum absolute atomic E-state index is 12.5. The van der Waals surface area contributed by atoms with Crippen molar-refractivity contribution in [1.29, 1.82) is 0 Å². The van der Waals surface area contributed by atoms with Gasteiger partial charge in [0, 0.05) is 26.6 Å². The van der Waals surface area contributed by atoms with Crippen LogP contribution in [0.3, 0.4) is 0 Å². The summed E-state index contributed by atoms with van der Waals surface area (Å²) in [6.07, 6.45) is 0. The monoisotopic (exact) mass is 405 g/mol. The van der Waals surface area contributed by atoms with E-state index in [0.717, 1.165) is 5.56 Å². The van der Waals surface area contributed by atoms with Crippen molar-refractivity contribution in [2.45, 2.75) is 0 Å². The van der Waals surface area contributed by atoms with E-state index in [0.29, 0.717) is 31.7 Å². The van der Waals surface area contributed by atoms with Crippen LogP contribution in [0.5, 0.6) is 0 Å². The lowest BCUT2D eigenvalue weighted by Crippen LogP contribution is -2.14. The van der Waals surface area contributed by atoms with Crippen LogP contribution in [0.15, 0.2) is 53.9 Å². The Morgan fingerprint density at radius 1 is 0.962 bits per heavy atom. The summed E-state index contributed by atoms with van der Waals surface area (Å²) in [5.74, 6) is -0.862. The number of nitrogens with one attached hydrogen (secondary N) is 1. The summed E-state index contributed by atoms with van der Waals surface area (Å²) in [5, 5.41) is 6.13. The van der Waals surface area contributed by atoms with E-state index < -0.39 is 5.97 Å². The summed E-state index contributed by atoms with van der Waals surface area (Å²) in [6.45, 7) is 0. The van der Waals surface area contributed by atoms with Gasteiger partial charge in [0.25, 0.3) is 5.91 Å². The Labute approximate surface area is 164 Å². The molecule has 0 saturated carbocycles. The molecule has 132 valence electrons. The lowest BCUT2D eigenvalue weighted by atomic mass is 10.0. The predicted octanol–water partition coefficient (Wildman–Crippen LogP) is 5.76. The number of thiophene rings is 1.